The van der Waals surface area contributed by atoms with E-state index in [9.17, 15) is 9.59 Å². The average molecular weight is 277 g/mol. The Bertz CT molecular complexity index is 263. The molecule has 0 unspecified atom stereocenters. The van der Waals surface area contributed by atoms with Gasteiger partial charge in [0.2, 0.25) is 0 Å². The Morgan fingerprint density at radius 2 is 2.05 bits per heavy atom. The molecule has 19 heavy (non-hydrogen) atoms. The largest absolute Gasteiger partial charge is 0.468 e. The first-order valence-electron chi connectivity index (χ1n) is 6.12. The second kappa shape index (κ2) is 9.57. The van der Waals surface area contributed by atoms with Crippen LogP contribution in [0.3, 0.4) is 0 Å². The van der Waals surface area contributed by atoms with Crippen LogP contribution >= 0.6 is 0 Å². The summed E-state index contributed by atoms with van der Waals surface area (Å²) in [5, 5.41) is 11.6. The Morgan fingerprint density at radius 1 is 1.37 bits per heavy atom. The van der Waals surface area contributed by atoms with E-state index in [0.29, 0.717) is 19.5 Å². The number of carbonyl (C=O) groups excluding carboxylic acids is 2. The van der Waals surface area contributed by atoms with E-state index in [-0.39, 0.29) is 19.8 Å². The van der Waals surface area contributed by atoms with Crippen molar-refractivity contribution in [3.8, 4) is 0 Å². The standard InChI is InChI=1S/C12H23NO6/c1-12(2,3)19-11(16)13-10(7-14)8-17-5-4-6-18-9-15/h9-10,14H,4-8H2,1-3H3,(H,13,16)/t10-/m0/s1. The minimum atomic E-state index is -0.598. The molecular formula is C12H23NO6. The van der Waals surface area contributed by atoms with Gasteiger partial charge >= 0.3 is 6.09 Å². The van der Waals surface area contributed by atoms with Crippen LogP contribution in [-0.2, 0) is 19.0 Å². The minimum absolute atomic E-state index is 0.164. The average Bonchev–Trinajstić information content (AvgIpc) is 2.29. The molecule has 7 nitrogen and oxygen atoms in total. The summed E-state index contributed by atoms with van der Waals surface area (Å²) in [5.74, 6) is 0. The first-order valence-corrected chi connectivity index (χ1v) is 6.12. The highest BCUT2D eigenvalue weighted by Crippen LogP contribution is 2.06. The molecule has 0 spiro atoms. The summed E-state index contributed by atoms with van der Waals surface area (Å²) in [7, 11) is 0. The third-order valence-electron chi connectivity index (χ3n) is 1.88. The molecule has 2 N–H and O–H groups in total. The molecule has 112 valence electrons. The molecule has 0 aromatic rings. The summed E-state index contributed by atoms with van der Waals surface area (Å²) >= 11 is 0. The number of hydrogen-bond acceptors (Lipinski definition) is 6. The van der Waals surface area contributed by atoms with Crippen LogP contribution in [0.2, 0.25) is 0 Å². The Kier molecular flexibility index (Phi) is 8.90. The zero-order chi connectivity index (χ0) is 14.7. The fourth-order valence-electron chi connectivity index (χ4n) is 1.13. The van der Waals surface area contributed by atoms with Crippen molar-refractivity contribution < 1.29 is 28.9 Å². The highest BCUT2D eigenvalue weighted by Gasteiger charge is 2.19. The van der Waals surface area contributed by atoms with Gasteiger partial charge in [-0.05, 0) is 20.8 Å². The highest BCUT2D eigenvalue weighted by molar-refractivity contribution is 5.68. The number of amides is 1. The second-order valence-electron chi connectivity index (χ2n) is 4.92. The van der Waals surface area contributed by atoms with Crippen molar-refractivity contribution in [1.82, 2.24) is 5.32 Å². The van der Waals surface area contributed by atoms with Crippen molar-refractivity contribution in [3.63, 3.8) is 0 Å². The van der Waals surface area contributed by atoms with Crippen LogP contribution in [0.5, 0.6) is 0 Å². The highest BCUT2D eigenvalue weighted by atomic mass is 16.6. The quantitative estimate of drug-likeness (QED) is 0.469. The fraction of sp³-hybridized carbons (Fsp3) is 0.833. The molecule has 7 heteroatoms. The van der Waals surface area contributed by atoms with Gasteiger partial charge in [-0.1, -0.05) is 0 Å². The molecule has 0 aromatic heterocycles. The number of ether oxygens (including phenoxy) is 3. The smallest absolute Gasteiger partial charge is 0.408 e. The Labute approximate surface area is 113 Å². The number of nitrogens with one attached hydrogen (secondary N) is 1. The molecule has 0 aliphatic carbocycles. The van der Waals surface area contributed by atoms with Gasteiger partial charge < -0.3 is 24.6 Å². The molecule has 0 saturated carbocycles. The van der Waals surface area contributed by atoms with E-state index >= 15 is 0 Å². The summed E-state index contributed by atoms with van der Waals surface area (Å²) < 4.78 is 14.8. The van der Waals surface area contributed by atoms with E-state index in [1.165, 1.54) is 0 Å². The molecule has 0 aromatic carbocycles. The van der Waals surface area contributed by atoms with Crippen molar-refractivity contribution in [2.75, 3.05) is 26.4 Å². The molecule has 0 aliphatic rings. The monoisotopic (exact) mass is 277 g/mol. The lowest BCUT2D eigenvalue weighted by Gasteiger charge is -2.22. The summed E-state index contributed by atoms with van der Waals surface area (Å²) in [4.78, 5) is 21.3. The van der Waals surface area contributed by atoms with Crippen LogP contribution in [0.4, 0.5) is 4.79 Å². The van der Waals surface area contributed by atoms with Crippen LogP contribution < -0.4 is 5.32 Å². The number of rotatable bonds is 9. The summed E-state index contributed by atoms with van der Waals surface area (Å²) in [5.41, 5.74) is -0.586. The number of alkyl carbamates (subject to hydrolysis) is 1. The summed E-state index contributed by atoms with van der Waals surface area (Å²) in [6.45, 7) is 6.22. The molecule has 0 aliphatic heterocycles. The first-order chi connectivity index (χ1) is 8.89. The summed E-state index contributed by atoms with van der Waals surface area (Å²) in [6, 6.07) is -0.526. The number of aliphatic hydroxyl groups excluding tert-OH is 1. The lowest BCUT2D eigenvalue weighted by molar-refractivity contribution is -0.129. The number of aliphatic hydroxyl groups is 1. The van der Waals surface area contributed by atoms with Crippen molar-refractivity contribution in [3.05, 3.63) is 0 Å². The molecule has 0 saturated heterocycles. The first kappa shape index (κ1) is 17.7. The van der Waals surface area contributed by atoms with E-state index in [0.717, 1.165) is 0 Å². The predicted molar refractivity (Wildman–Crippen MR) is 67.7 cm³/mol. The molecule has 1 atom stereocenters. The molecular weight excluding hydrogens is 254 g/mol. The van der Waals surface area contributed by atoms with Gasteiger partial charge in [-0.2, -0.15) is 0 Å². The molecule has 0 bridgehead atoms. The fourth-order valence-corrected chi connectivity index (χ4v) is 1.13. The van der Waals surface area contributed by atoms with Gasteiger partial charge in [-0.25, -0.2) is 4.79 Å². The lowest BCUT2D eigenvalue weighted by Crippen LogP contribution is -2.43. The number of hydrogen-bond donors (Lipinski definition) is 2. The van der Waals surface area contributed by atoms with Crippen LogP contribution in [0.1, 0.15) is 27.2 Å². The third kappa shape index (κ3) is 11.5. The van der Waals surface area contributed by atoms with Crippen LogP contribution in [0, 0.1) is 0 Å². The maximum Gasteiger partial charge on any atom is 0.408 e. The van der Waals surface area contributed by atoms with Crippen molar-refractivity contribution in [1.29, 1.82) is 0 Å². The van der Waals surface area contributed by atoms with E-state index in [1.54, 1.807) is 20.8 Å². The molecule has 0 rings (SSSR count). The zero-order valence-electron chi connectivity index (χ0n) is 11.7. The van der Waals surface area contributed by atoms with Crippen molar-refractivity contribution >= 4 is 12.6 Å². The van der Waals surface area contributed by atoms with Crippen LogP contribution in [0.15, 0.2) is 0 Å². The molecule has 0 radical (unpaired) electrons. The molecule has 1 amide bonds. The van der Waals surface area contributed by atoms with Gasteiger partial charge in [0, 0.05) is 13.0 Å². The third-order valence-corrected chi connectivity index (χ3v) is 1.88. The Morgan fingerprint density at radius 3 is 2.58 bits per heavy atom. The van der Waals surface area contributed by atoms with E-state index in [4.69, 9.17) is 14.6 Å². The second-order valence-corrected chi connectivity index (χ2v) is 4.92. The predicted octanol–water partition coefficient (Wildman–Crippen LogP) is 0.452. The van der Waals surface area contributed by atoms with Crippen molar-refractivity contribution in [2.45, 2.75) is 38.8 Å². The maximum absolute atomic E-state index is 11.4. The van der Waals surface area contributed by atoms with Crippen LogP contribution in [-0.4, -0.2) is 55.7 Å². The van der Waals surface area contributed by atoms with E-state index < -0.39 is 17.7 Å². The maximum atomic E-state index is 11.4. The van der Waals surface area contributed by atoms with Gasteiger partial charge in [0.25, 0.3) is 6.47 Å². The lowest BCUT2D eigenvalue weighted by atomic mass is 10.2. The molecule has 0 heterocycles. The summed E-state index contributed by atoms with van der Waals surface area (Å²) in [6.07, 6.45) is -0.0389. The van der Waals surface area contributed by atoms with Gasteiger partial charge in [-0.15, -0.1) is 0 Å². The van der Waals surface area contributed by atoms with E-state index in [2.05, 4.69) is 10.1 Å². The van der Waals surface area contributed by atoms with Gasteiger partial charge in [0.05, 0.1) is 25.9 Å². The Balaban J connectivity index is 3.76. The van der Waals surface area contributed by atoms with Gasteiger partial charge in [-0.3, -0.25) is 4.79 Å². The van der Waals surface area contributed by atoms with Gasteiger partial charge in [0.15, 0.2) is 0 Å². The van der Waals surface area contributed by atoms with Gasteiger partial charge in [0.1, 0.15) is 5.60 Å². The SMILES string of the molecule is CC(C)(C)OC(=O)N[C@@H](CO)COCCCOC=O. The topological polar surface area (TPSA) is 94.1 Å². The zero-order valence-corrected chi connectivity index (χ0v) is 11.7. The van der Waals surface area contributed by atoms with E-state index in [1.807, 2.05) is 0 Å². The Hall–Kier alpha value is -1.34. The minimum Gasteiger partial charge on any atom is -0.468 e. The van der Waals surface area contributed by atoms with Crippen LogP contribution in [0.25, 0.3) is 0 Å². The molecule has 0 fully saturated rings. The van der Waals surface area contributed by atoms with Crippen molar-refractivity contribution in [2.24, 2.45) is 0 Å². The normalized spacial score (nSPS) is 12.6. The number of carbonyl (C=O) groups is 2.